The number of ether oxygens (including phenoxy) is 1. The first-order valence-electron chi connectivity index (χ1n) is 4.86. The topological polar surface area (TPSA) is 26.3 Å². The van der Waals surface area contributed by atoms with E-state index in [-0.39, 0.29) is 17.1 Å². The van der Waals surface area contributed by atoms with Crippen LogP contribution in [0.25, 0.3) is 0 Å². The number of methoxy groups -OCH3 is 1. The Labute approximate surface area is 124 Å². The van der Waals surface area contributed by atoms with Gasteiger partial charge in [-0.1, -0.05) is 6.07 Å². The zero-order valence-electron chi connectivity index (χ0n) is 9.17. The third kappa shape index (κ3) is 2.50. The Bertz CT molecular complexity index is 591. The molecule has 0 bridgehead atoms. The molecule has 0 unspecified atom stereocenters. The van der Waals surface area contributed by atoms with Crippen LogP contribution >= 0.6 is 43.2 Å². The van der Waals surface area contributed by atoms with Crippen LogP contribution in [-0.4, -0.2) is 12.9 Å². The smallest absolute Gasteiger partial charge is 0.209 e. The highest BCUT2D eigenvalue weighted by molar-refractivity contribution is 9.13. The number of hydrogen-bond donors (Lipinski definition) is 0. The number of halogens is 3. The number of carbonyl (C=O) groups is 1. The van der Waals surface area contributed by atoms with Crippen LogP contribution in [0, 0.1) is 5.82 Å². The van der Waals surface area contributed by atoms with Gasteiger partial charge in [-0.25, -0.2) is 4.39 Å². The average Bonchev–Trinajstić information content (AvgIpc) is 2.68. The van der Waals surface area contributed by atoms with Crippen molar-refractivity contribution in [3.8, 4) is 5.75 Å². The molecule has 0 aliphatic rings. The van der Waals surface area contributed by atoms with E-state index in [4.69, 9.17) is 4.74 Å². The largest absolute Gasteiger partial charge is 0.496 e. The van der Waals surface area contributed by atoms with E-state index < -0.39 is 5.82 Å². The molecule has 0 aliphatic heterocycles. The second kappa shape index (κ2) is 5.50. The molecule has 0 fully saturated rings. The molecule has 2 aromatic rings. The van der Waals surface area contributed by atoms with Gasteiger partial charge in [0, 0.05) is 4.47 Å². The van der Waals surface area contributed by atoms with Crippen LogP contribution in [-0.2, 0) is 0 Å². The van der Waals surface area contributed by atoms with Crippen LogP contribution in [0.3, 0.4) is 0 Å². The summed E-state index contributed by atoms with van der Waals surface area (Å²) in [5.74, 6) is -0.734. The second-order valence-corrected chi connectivity index (χ2v) is 6.60. The Hall–Kier alpha value is -0.720. The molecule has 0 amide bonds. The van der Waals surface area contributed by atoms with Crippen molar-refractivity contribution < 1.29 is 13.9 Å². The summed E-state index contributed by atoms with van der Waals surface area (Å²) < 4.78 is 20.3. The highest BCUT2D eigenvalue weighted by Crippen LogP contribution is 2.35. The molecule has 0 radical (unpaired) electrons. The van der Waals surface area contributed by atoms with Gasteiger partial charge >= 0.3 is 0 Å². The lowest BCUT2D eigenvalue weighted by Gasteiger charge is -2.07. The van der Waals surface area contributed by atoms with Crippen LogP contribution in [0.15, 0.2) is 32.5 Å². The monoisotopic (exact) mass is 392 g/mol. The van der Waals surface area contributed by atoms with Crippen LogP contribution in [0.4, 0.5) is 4.39 Å². The third-order valence-corrected chi connectivity index (χ3v) is 5.55. The molecule has 2 rings (SSSR count). The maximum absolute atomic E-state index is 13.8. The molecule has 0 atom stereocenters. The van der Waals surface area contributed by atoms with E-state index in [2.05, 4.69) is 31.9 Å². The predicted octanol–water partition coefficient (Wildman–Crippen LogP) is 4.65. The van der Waals surface area contributed by atoms with Crippen molar-refractivity contribution in [2.45, 2.75) is 0 Å². The lowest BCUT2D eigenvalue weighted by atomic mass is 10.1. The van der Waals surface area contributed by atoms with E-state index in [1.165, 1.54) is 30.6 Å². The SMILES string of the molecule is COc1cccc(F)c1C(=O)c1cc(Br)c(Br)s1. The minimum atomic E-state index is -0.583. The molecular formula is C12H7Br2FO2S. The second-order valence-electron chi connectivity index (χ2n) is 3.38. The fraction of sp³-hybridized carbons (Fsp3) is 0.0833. The van der Waals surface area contributed by atoms with Crippen molar-refractivity contribution in [1.82, 2.24) is 0 Å². The van der Waals surface area contributed by atoms with Crippen molar-refractivity contribution in [2.75, 3.05) is 7.11 Å². The fourth-order valence-corrected chi connectivity index (χ4v) is 3.46. The first-order chi connectivity index (χ1) is 8.54. The van der Waals surface area contributed by atoms with Crippen LogP contribution in [0.1, 0.15) is 15.2 Å². The maximum Gasteiger partial charge on any atom is 0.209 e. The molecular weight excluding hydrogens is 387 g/mol. The summed E-state index contributed by atoms with van der Waals surface area (Å²) >= 11 is 7.85. The number of hydrogen-bond acceptors (Lipinski definition) is 3. The van der Waals surface area contributed by atoms with Gasteiger partial charge in [-0.15, -0.1) is 11.3 Å². The highest BCUT2D eigenvalue weighted by atomic mass is 79.9. The van der Waals surface area contributed by atoms with E-state index in [0.29, 0.717) is 4.88 Å². The average molecular weight is 394 g/mol. The molecule has 6 heteroatoms. The molecule has 0 spiro atoms. The molecule has 2 nitrogen and oxygen atoms in total. The van der Waals surface area contributed by atoms with Gasteiger partial charge in [0.1, 0.15) is 17.1 Å². The van der Waals surface area contributed by atoms with E-state index in [1.807, 2.05) is 0 Å². The number of rotatable bonds is 3. The summed E-state index contributed by atoms with van der Waals surface area (Å²) in [5, 5.41) is 0. The summed E-state index contributed by atoms with van der Waals surface area (Å²) in [7, 11) is 1.41. The maximum atomic E-state index is 13.8. The molecule has 0 saturated heterocycles. The Kier molecular flexibility index (Phi) is 4.19. The normalized spacial score (nSPS) is 10.4. The van der Waals surface area contributed by atoms with E-state index >= 15 is 0 Å². The summed E-state index contributed by atoms with van der Waals surface area (Å²) in [4.78, 5) is 12.7. The molecule has 0 N–H and O–H groups in total. The molecule has 0 saturated carbocycles. The van der Waals surface area contributed by atoms with Gasteiger partial charge in [-0.2, -0.15) is 0 Å². The molecule has 1 aromatic carbocycles. The summed E-state index contributed by atoms with van der Waals surface area (Å²) in [6.07, 6.45) is 0. The van der Waals surface area contributed by atoms with Crippen LogP contribution < -0.4 is 4.74 Å². The summed E-state index contributed by atoms with van der Waals surface area (Å²) in [6.45, 7) is 0. The third-order valence-electron chi connectivity index (χ3n) is 2.29. The van der Waals surface area contributed by atoms with Crippen molar-refractivity contribution in [1.29, 1.82) is 0 Å². The van der Waals surface area contributed by atoms with E-state index in [9.17, 15) is 9.18 Å². The van der Waals surface area contributed by atoms with Crippen LogP contribution in [0.5, 0.6) is 5.75 Å². The van der Waals surface area contributed by atoms with Crippen molar-refractivity contribution in [3.05, 3.63) is 48.8 Å². The van der Waals surface area contributed by atoms with Crippen molar-refractivity contribution in [2.24, 2.45) is 0 Å². The molecule has 1 aromatic heterocycles. The molecule has 0 aliphatic carbocycles. The minimum absolute atomic E-state index is 0.0405. The van der Waals surface area contributed by atoms with E-state index in [1.54, 1.807) is 12.1 Å². The number of ketones is 1. The minimum Gasteiger partial charge on any atom is -0.496 e. The Balaban J connectivity index is 2.52. The number of carbonyl (C=O) groups excluding carboxylic acids is 1. The quantitative estimate of drug-likeness (QED) is 0.709. The molecule has 18 heavy (non-hydrogen) atoms. The van der Waals surface area contributed by atoms with Crippen LogP contribution in [0.2, 0.25) is 0 Å². The highest BCUT2D eigenvalue weighted by Gasteiger charge is 2.21. The van der Waals surface area contributed by atoms with Gasteiger partial charge in [0.2, 0.25) is 5.78 Å². The fourth-order valence-electron chi connectivity index (χ4n) is 1.48. The van der Waals surface area contributed by atoms with Gasteiger partial charge < -0.3 is 4.74 Å². The number of thiophene rings is 1. The van der Waals surface area contributed by atoms with Gasteiger partial charge in [0.15, 0.2) is 0 Å². The lowest BCUT2D eigenvalue weighted by Crippen LogP contribution is -2.05. The van der Waals surface area contributed by atoms with Gasteiger partial charge in [-0.3, -0.25) is 4.79 Å². The van der Waals surface area contributed by atoms with Gasteiger partial charge in [0.05, 0.1) is 15.8 Å². The van der Waals surface area contributed by atoms with E-state index in [0.717, 1.165) is 8.26 Å². The molecule has 94 valence electrons. The van der Waals surface area contributed by atoms with Crippen molar-refractivity contribution >= 4 is 49.0 Å². The summed E-state index contributed by atoms with van der Waals surface area (Å²) in [5.41, 5.74) is -0.0405. The predicted molar refractivity (Wildman–Crippen MR) is 76.1 cm³/mol. The standard InChI is InChI=1S/C12H7Br2FO2S/c1-17-8-4-2-3-7(15)10(8)11(16)9-5-6(13)12(14)18-9/h2-5H,1H3. The molecule has 1 heterocycles. The Morgan fingerprint density at radius 3 is 2.67 bits per heavy atom. The lowest BCUT2D eigenvalue weighted by molar-refractivity contribution is 0.103. The number of benzene rings is 1. The Morgan fingerprint density at radius 1 is 1.39 bits per heavy atom. The van der Waals surface area contributed by atoms with Gasteiger partial charge in [-0.05, 0) is 50.1 Å². The van der Waals surface area contributed by atoms with Crippen molar-refractivity contribution in [3.63, 3.8) is 0 Å². The van der Waals surface area contributed by atoms with Gasteiger partial charge in [0.25, 0.3) is 0 Å². The summed E-state index contributed by atoms with van der Waals surface area (Å²) in [6, 6.07) is 5.97. The zero-order valence-corrected chi connectivity index (χ0v) is 13.2. The Morgan fingerprint density at radius 2 is 2.11 bits per heavy atom. The first kappa shape index (κ1) is 13.7. The first-order valence-corrected chi connectivity index (χ1v) is 7.27. The zero-order chi connectivity index (χ0) is 13.3.